The fraction of sp³-hybridized carbons (Fsp3) is 0.429. The third-order valence-electron chi connectivity index (χ3n) is 9.89. The third kappa shape index (κ3) is 5.56. The molecule has 2 atom stereocenters. The number of pyridine rings is 1. The monoisotopic (exact) mass is 678 g/mol. The van der Waals surface area contributed by atoms with Crippen LogP contribution in [0.4, 0.5) is 0 Å². The van der Waals surface area contributed by atoms with Crippen LogP contribution in [0, 0.1) is 0 Å². The number of rotatable bonds is 11. The fourth-order valence-electron chi connectivity index (χ4n) is 6.99. The van der Waals surface area contributed by atoms with E-state index in [1.165, 1.54) is 35.5 Å². The van der Waals surface area contributed by atoms with E-state index < -0.39 is 26.3 Å². The Morgan fingerprint density at radius 1 is 1.07 bits per heavy atom. The highest BCUT2D eigenvalue weighted by molar-refractivity contribution is 7.91. The Morgan fingerprint density at radius 2 is 1.85 bits per heavy atom. The Balaban J connectivity index is 1.20. The molecular formula is C35H39ClN4O4S2. The van der Waals surface area contributed by atoms with Crippen LogP contribution in [0.25, 0.3) is 21.5 Å². The summed E-state index contributed by atoms with van der Waals surface area (Å²) < 4.78 is 40.6. The summed E-state index contributed by atoms with van der Waals surface area (Å²) >= 11 is 8.09. The molecule has 7 rings (SSSR count). The second-order valence-electron chi connectivity index (χ2n) is 12.7. The number of likely N-dealkylation sites (tertiary alicyclic amines) is 1. The van der Waals surface area contributed by atoms with Crippen molar-refractivity contribution in [2.45, 2.75) is 61.7 Å². The first-order valence-corrected chi connectivity index (χ1v) is 18.6. The van der Waals surface area contributed by atoms with Gasteiger partial charge in [0.05, 0.1) is 4.88 Å². The average Bonchev–Trinajstić information content (AvgIpc) is 3.82. The van der Waals surface area contributed by atoms with Gasteiger partial charge in [-0.25, -0.2) is 22.4 Å². The van der Waals surface area contributed by atoms with Crippen LogP contribution in [0.1, 0.15) is 61.1 Å². The molecule has 11 heteroatoms. The summed E-state index contributed by atoms with van der Waals surface area (Å²) in [6, 6.07) is 12.1. The van der Waals surface area contributed by atoms with Gasteiger partial charge in [-0.15, -0.1) is 11.3 Å². The van der Waals surface area contributed by atoms with Gasteiger partial charge in [-0.3, -0.25) is 0 Å². The zero-order valence-corrected chi connectivity index (χ0v) is 28.6. The Morgan fingerprint density at radius 3 is 2.57 bits per heavy atom. The second kappa shape index (κ2) is 12.6. The van der Waals surface area contributed by atoms with Gasteiger partial charge in [0, 0.05) is 54.1 Å². The maximum Gasteiger partial charge on any atom is 0.250 e. The number of hydrogen-bond acceptors (Lipinski definition) is 8. The first-order chi connectivity index (χ1) is 22.2. The van der Waals surface area contributed by atoms with Crippen molar-refractivity contribution in [3.8, 4) is 10.4 Å². The number of benzene rings is 1. The highest BCUT2D eigenvalue weighted by Crippen LogP contribution is 2.48. The van der Waals surface area contributed by atoms with E-state index in [4.69, 9.17) is 26.1 Å². The van der Waals surface area contributed by atoms with Gasteiger partial charge in [-0.1, -0.05) is 41.9 Å². The molecule has 3 aromatic heterocycles. The Labute approximate surface area is 279 Å². The van der Waals surface area contributed by atoms with Gasteiger partial charge in [0.25, 0.3) is 0 Å². The zero-order chi connectivity index (χ0) is 31.9. The molecule has 1 saturated carbocycles. The summed E-state index contributed by atoms with van der Waals surface area (Å²) in [6.07, 6.45) is 16.9. The van der Waals surface area contributed by atoms with Gasteiger partial charge in [-0.05, 0) is 93.9 Å². The maximum atomic E-state index is 14.7. The summed E-state index contributed by atoms with van der Waals surface area (Å²) in [4.78, 5) is 12.7. The lowest BCUT2D eigenvalue weighted by Crippen LogP contribution is -2.43. The summed E-state index contributed by atoms with van der Waals surface area (Å²) in [5, 5.41) is 2.05. The van der Waals surface area contributed by atoms with E-state index in [2.05, 4.69) is 34.1 Å². The van der Waals surface area contributed by atoms with E-state index in [1.54, 1.807) is 49.9 Å². The summed E-state index contributed by atoms with van der Waals surface area (Å²) in [6.45, 7) is 5.37. The van der Waals surface area contributed by atoms with E-state index >= 15 is 0 Å². The molecule has 4 heterocycles. The first kappa shape index (κ1) is 31.7. The lowest BCUT2D eigenvalue weighted by atomic mass is 9.80. The van der Waals surface area contributed by atoms with Gasteiger partial charge < -0.3 is 14.4 Å². The number of fused-ring (bicyclic) bond motifs is 1. The Bertz CT molecular complexity index is 1890. The number of allylic oxidation sites excluding steroid dienone is 3. The van der Waals surface area contributed by atoms with Crippen LogP contribution in [0.2, 0.25) is 0 Å². The number of thiazole rings is 1. The van der Waals surface area contributed by atoms with Gasteiger partial charge in [0.15, 0.2) is 5.65 Å². The average molecular weight is 679 g/mol. The molecule has 4 aromatic rings. The quantitative estimate of drug-likeness (QED) is 0.155. The van der Waals surface area contributed by atoms with Gasteiger partial charge in [0.2, 0.25) is 10.0 Å². The summed E-state index contributed by atoms with van der Waals surface area (Å²) in [5.74, 6) is -0.442. The molecule has 1 aromatic carbocycles. The van der Waals surface area contributed by atoms with Crippen molar-refractivity contribution >= 4 is 44.0 Å². The minimum absolute atomic E-state index is 0.214. The molecule has 0 radical (unpaired) electrons. The van der Waals surface area contributed by atoms with Crippen molar-refractivity contribution < 1.29 is 17.9 Å². The van der Waals surface area contributed by atoms with Crippen molar-refractivity contribution in [3.63, 3.8) is 0 Å². The molecule has 2 unspecified atom stereocenters. The predicted molar refractivity (Wildman–Crippen MR) is 184 cm³/mol. The fourth-order valence-corrected chi connectivity index (χ4v) is 10.3. The lowest BCUT2D eigenvalue weighted by Gasteiger charge is -2.39. The number of ether oxygens (including phenoxy) is 2. The highest BCUT2D eigenvalue weighted by Gasteiger charge is 2.47. The third-order valence-corrected chi connectivity index (χ3v) is 13.6. The van der Waals surface area contributed by atoms with Crippen molar-refractivity contribution in [2.24, 2.45) is 0 Å². The van der Waals surface area contributed by atoms with Crippen molar-refractivity contribution in [1.82, 2.24) is 18.8 Å². The SMILES string of the molecule is COCOC1(c2ncc(-c3ccnc4c3ccn4S(=O)(=O)C3(C)C=C(Cl)C=CC3c3ccc(CCN4CCCC4)cc3)s2)CCC1. The molecule has 8 nitrogen and oxygen atoms in total. The molecule has 1 saturated heterocycles. The van der Waals surface area contributed by atoms with E-state index in [0.717, 1.165) is 58.6 Å². The first-order valence-electron chi connectivity index (χ1n) is 15.9. The van der Waals surface area contributed by atoms with Gasteiger partial charge in [0.1, 0.15) is 22.1 Å². The minimum atomic E-state index is -4.04. The van der Waals surface area contributed by atoms with E-state index in [-0.39, 0.29) is 6.79 Å². The Kier molecular flexibility index (Phi) is 8.71. The van der Waals surface area contributed by atoms with Crippen molar-refractivity contribution in [2.75, 3.05) is 33.5 Å². The standard InChI is InChI=1S/C35H39ClN4O4S2/c1-34(22-27(36)10-11-30(34)26-8-6-25(7-9-26)13-20-39-18-3-4-19-39)46(41,42)40-21-14-29-28(12-17-37-32(29)40)31-23-38-33(45-31)35(15-5-16-35)44-24-43-2/h6-12,14,17,21-23,30H,3-5,13,15-16,18-20,24H2,1-2H3. The largest absolute Gasteiger partial charge is 0.359 e. The van der Waals surface area contributed by atoms with Gasteiger partial charge >= 0.3 is 0 Å². The molecular weight excluding hydrogens is 640 g/mol. The smallest absolute Gasteiger partial charge is 0.250 e. The molecule has 46 heavy (non-hydrogen) atoms. The molecule has 0 bridgehead atoms. The summed E-state index contributed by atoms with van der Waals surface area (Å²) in [5.41, 5.74) is 3.01. The number of nitrogens with zero attached hydrogens (tertiary/aromatic N) is 4. The zero-order valence-electron chi connectivity index (χ0n) is 26.2. The number of methoxy groups -OCH3 is 1. The summed E-state index contributed by atoms with van der Waals surface area (Å²) in [7, 11) is -2.42. The van der Waals surface area contributed by atoms with Crippen LogP contribution >= 0.6 is 22.9 Å². The molecule has 2 aliphatic carbocycles. The molecule has 0 spiro atoms. The van der Waals surface area contributed by atoms with Crippen LogP contribution < -0.4 is 0 Å². The molecule has 242 valence electrons. The van der Waals surface area contributed by atoms with E-state index in [0.29, 0.717) is 10.7 Å². The molecule has 0 amide bonds. The maximum absolute atomic E-state index is 14.7. The molecule has 1 aliphatic heterocycles. The topological polar surface area (TPSA) is 86.5 Å². The van der Waals surface area contributed by atoms with Crippen molar-refractivity contribution in [1.29, 1.82) is 0 Å². The number of halogens is 1. The number of aromatic nitrogens is 3. The lowest BCUT2D eigenvalue weighted by molar-refractivity contribution is -0.171. The molecule has 0 N–H and O–H groups in total. The molecule has 2 fully saturated rings. The Hall–Kier alpha value is -2.86. The van der Waals surface area contributed by atoms with Crippen molar-refractivity contribution in [3.05, 3.63) is 94.4 Å². The highest BCUT2D eigenvalue weighted by atomic mass is 35.5. The van der Waals surface area contributed by atoms with Crippen LogP contribution in [0.5, 0.6) is 0 Å². The number of hydrogen-bond donors (Lipinski definition) is 0. The van der Waals surface area contributed by atoms with Crippen LogP contribution in [0.3, 0.4) is 0 Å². The van der Waals surface area contributed by atoms with Gasteiger partial charge in [-0.2, -0.15) is 0 Å². The van der Waals surface area contributed by atoms with E-state index in [9.17, 15) is 8.42 Å². The molecule has 3 aliphatic rings. The normalized spacial score (nSPS) is 23.1. The van der Waals surface area contributed by atoms with Crippen LogP contribution in [0.15, 0.2) is 78.2 Å². The predicted octanol–water partition coefficient (Wildman–Crippen LogP) is 7.21. The van der Waals surface area contributed by atoms with Crippen LogP contribution in [-0.4, -0.2) is 65.5 Å². The van der Waals surface area contributed by atoms with Crippen LogP contribution in [-0.2, 0) is 31.5 Å². The minimum Gasteiger partial charge on any atom is -0.359 e. The second-order valence-corrected chi connectivity index (χ2v) is 16.4. The van der Waals surface area contributed by atoms with E-state index in [1.807, 2.05) is 24.4 Å².